The van der Waals surface area contributed by atoms with Gasteiger partial charge in [-0.1, -0.05) is 15.9 Å². The van der Waals surface area contributed by atoms with Gasteiger partial charge in [0.05, 0.1) is 12.2 Å². The Labute approximate surface area is 96.9 Å². The van der Waals surface area contributed by atoms with Crippen LogP contribution in [0, 0.1) is 5.82 Å². The van der Waals surface area contributed by atoms with E-state index in [0.29, 0.717) is 18.4 Å². The SMILES string of the molecule is CC(O)C(O)CCc1cc(Br)ccc1F. The van der Waals surface area contributed by atoms with E-state index >= 15 is 0 Å². The van der Waals surface area contributed by atoms with E-state index in [-0.39, 0.29) is 5.82 Å². The fourth-order valence-corrected chi connectivity index (χ4v) is 1.69. The Bertz CT molecular complexity index is 328. The number of aryl methyl sites for hydroxylation is 1. The van der Waals surface area contributed by atoms with Gasteiger partial charge in [-0.15, -0.1) is 0 Å². The van der Waals surface area contributed by atoms with Crippen LogP contribution in [0.5, 0.6) is 0 Å². The van der Waals surface area contributed by atoms with Crippen molar-refractivity contribution >= 4 is 15.9 Å². The third-order valence-corrected chi connectivity index (χ3v) is 2.77. The van der Waals surface area contributed by atoms with Gasteiger partial charge in [0.15, 0.2) is 0 Å². The summed E-state index contributed by atoms with van der Waals surface area (Å²) in [6.07, 6.45) is -0.814. The first kappa shape index (κ1) is 12.6. The van der Waals surface area contributed by atoms with Crippen LogP contribution in [0.15, 0.2) is 22.7 Å². The van der Waals surface area contributed by atoms with E-state index in [1.165, 1.54) is 13.0 Å². The molecule has 2 unspecified atom stereocenters. The molecule has 0 radical (unpaired) electrons. The fourth-order valence-electron chi connectivity index (χ4n) is 1.28. The normalized spacial score (nSPS) is 15.0. The first-order valence-corrected chi connectivity index (χ1v) is 5.60. The Balaban J connectivity index is 2.61. The molecule has 2 atom stereocenters. The summed E-state index contributed by atoms with van der Waals surface area (Å²) < 4.78 is 14.1. The van der Waals surface area contributed by atoms with Crippen LogP contribution in [-0.2, 0) is 6.42 Å². The molecule has 0 bridgehead atoms. The third-order valence-electron chi connectivity index (χ3n) is 2.27. The van der Waals surface area contributed by atoms with E-state index in [0.717, 1.165) is 4.47 Å². The molecule has 0 aliphatic heterocycles. The fraction of sp³-hybridized carbons (Fsp3) is 0.455. The lowest BCUT2D eigenvalue weighted by Gasteiger charge is -2.13. The van der Waals surface area contributed by atoms with E-state index in [2.05, 4.69) is 15.9 Å². The van der Waals surface area contributed by atoms with Crippen LogP contribution in [-0.4, -0.2) is 22.4 Å². The predicted octanol–water partition coefficient (Wildman–Crippen LogP) is 2.26. The minimum Gasteiger partial charge on any atom is -0.391 e. The van der Waals surface area contributed by atoms with Crippen LogP contribution in [0.3, 0.4) is 0 Å². The van der Waals surface area contributed by atoms with Crippen LogP contribution in [0.1, 0.15) is 18.9 Å². The quantitative estimate of drug-likeness (QED) is 0.886. The van der Waals surface area contributed by atoms with Crippen LogP contribution in [0.4, 0.5) is 4.39 Å². The number of hydrogen-bond acceptors (Lipinski definition) is 2. The van der Waals surface area contributed by atoms with Gasteiger partial charge < -0.3 is 10.2 Å². The van der Waals surface area contributed by atoms with E-state index < -0.39 is 12.2 Å². The largest absolute Gasteiger partial charge is 0.391 e. The van der Waals surface area contributed by atoms with Crippen molar-refractivity contribution < 1.29 is 14.6 Å². The molecule has 0 saturated heterocycles. The summed E-state index contributed by atoms with van der Waals surface area (Å²) in [4.78, 5) is 0. The van der Waals surface area contributed by atoms with Gasteiger partial charge in [-0.25, -0.2) is 4.39 Å². The van der Waals surface area contributed by atoms with Crippen molar-refractivity contribution in [2.24, 2.45) is 0 Å². The van der Waals surface area contributed by atoms with Crippen molar-refractivity contribution in [3.8, 4) is 0 Å². The second-order valence-corrected chi connectivity index (χ2v) is 4.50. The van der Waals surface area contributed by atoms with Gasteiger partial charge in [-0.2, -0.15) is 0 Å². The molecule has 0 aliphatic rings. The van der Waals surface area contributed by atoms with Gasteiger partial charge in [0.1, 0.15) is 5.82 Å². The standard InChI is InChI=1S/C11H14BrFO2/c1-7(14)11(15)5-2-8-6-9(12)3-4-10(8)13/h3-4,6-7,11,14-15H,2,5H2,1H3. The second kappa shape index (κ2) is 5.58. The van der Waals surface area contributed by atoms with Gasteiger partial charge in [0.2, 0.25) is 0 Å². The number of hydrogen-bond donors (Lipinski definition) is 2. The maximum atomic E-state index is 13.3. The smallest absolute Gasteiger partial charge is 0.126 e. The molecule has 0 fully saturated rings. The first-order valence-electron chi connectivity index (χ1n) is 4.80. The summed E-state index contributed by atoms with van der Waals surface area (Å²) in [5, 5.41) is 18.4. The molecule has 0 aliphatic carbocycles. The molecule has 15 heavy (non-hydrogen) atoms. The van der Waals surface area contributed by atoms with Gasteiger partial charge >= 0.3 is 0 Å². The molecule has 0 aromatic heterocycles. The lowest BCUT2D eigenvalue weighted by molar-refractivity contribution is 0.0264. The first-order chi connectivity index (χ1) is 7.00. The van der Waals surface area contributed by atoms with Crippen LogP contribution in [0.2, 0.25) is 0 Å². The van der Waals surface area contributed by atoms with Crippen molar-refractivity contribution in [2.75, 3.05) is 0 Å². The van der Waals surface area contributed by atoms with Crippen LogP contribution >= 0.6 is 15.9 Å². The zero-order chi connectivity index (χ0) is 11.4. The molecule has 0 amide bonds. The Morgan fingerprint density at radius 1 is 1.40 bits per heavy atom. The highest BCUT2D eigenvalue weighted by Crippen LogP contribution is 2.17. The molecule has 2 nitrogen and oxygen atoms in total. The summed E-state index contributed by atoms with van der Waals surface area (Å²) in [6.45, 7) is 1.52. The zero-order valence-corrected chi connectivity index (χ0v) is 10.0. The second-order valence-electron chi connectivity index (χ2n) is 3.58. The molecular weight excluding hydrogens is 263 g/mol. The summed E-state index contributed by atoms with van der Waals surface area (Å²) >= 11 is 3.25. The minimum absolute atomic E-state index is 0.281. The van der Waals surface area contributed by atoms with E-state index in [1.54, 1.807) is 12.1 Å². The maximum Gasteiger partial charge on any atom is 0.126 e. The molecular formula is C11H14BrFO2. The molecule has 0 spiro atoms. The molecule has 84 valence electrons. The van der Waals surface area contributed by atoms with Gasteiger partial charge in [0, 0.05) is 4.47 Å². The van der Waals surface area contributed by atoms with E-state index in [4.69, 9.17) is 5.11 Å². The Morgan fingerprint density at radius 2 is 2.07 bits per heavy atom. The van der Waals surface area contributed by atoms with Gasteiger partial charge in [-0.3, -0.25) is 0 Å². The lowest BCUT2D eigenvalue weighted by Crippen LogP contribution is -2.23. The number of rotatable bonds is 4. The maximum absolute atomic E-state index is 13.3. The topological polar surface area (TPSA) is 40.5 Å². The van der Waals surface area contributed by atoms with E-state index in [1.807, 2.05) is 0 Å². The van der Waals surface area contributed by atoms with Crippen molar-refractivity contribution in [3.63, 3.8) is 0 Å². The van der Waals surface area contributed by atoms with Crippen LogP contribution in [0.25, 0.3) is 0 Å². The minimum atomic E-state index is -0.802. The predicted molar refractivity (Wildman–Crippen MR) is 60.1 cm³/mol. The van der Waals surface area contributed by atoms with E-state index in [9.17, 15) is 9.50 Å². The lowest BCUT2D eigenvalue weighted by atomic mass is 10.0. The number of aliphatic hydroxyl groups is 2. The van der Waals surface area contributed by atoms with Gasteiger partial charge in [-0.05, 0) is 43.5 Å². The molecule has 0 saturated carbocycles. The molecule has 1 rings (SSSR count). The van der Waals surface area contributed by atoms with Crippen molar-refractivity contribution in [2.45, 2.75) is 32.0 Å². The average Bonchev–Trinajstić information content (AvgIpc) is 2.18. The average molecular weight is 277 g/mol. The van der Waals surface area contributed by atoms with Crippen LogP contribution < -0.4 is 0 Å². The molecule has 1 aromatic rings. The molecule has 2 N–H and O–H groups in total. The number of halogens is 2. The zero-order valence-electron chi connectivity index (χ0n) is 8.45. The molecule has 0 heterocycles. The number of aliphatic hydroxyl groups excluding tert-OH is 2. The Kier molecular flexibility index (Phi) is 4.70. The van der Waals surface area contributed by atoms with Gasteiger partial charge in [0.25, 0.3) is 0 Å². The monoisotopic (exact) mass is 276 g/mol. The molecule has 4 heteroatoms. The van der Waals surface area contributed by atoms with Crippen molar-refractivity contribution in [1.29, 1.82) is 0 Å². The highest BCUT2D eigenvalue weighted by atomic mass is 79.9. The highest BCUT2D eigenvalue weighted by molar-refractivity contribution is 9.10. The Morgan fingerprint density at radius 3 is 2.67 bits per heavy atom. The van der Waals surface area contributed by atoms with Crippen molar-refractivity contribution in [3.05, 3.63) is 34.1 Å². The Hall–Kier alpha value is -0.450. The summed E-state index contributed by atoms with van der Waals surface area (Å²) in [5.41, 5.74) is 0.545. The summed E-state index contributed by atoms with van der Waals surface area (Å²) in [5.74, 6) is -0.281. The third kappa shape index (κ3) is 3.89. The summed E-state index contributed by atoms with van der Waals surface area (Å²) in [6, 6.07) is 4.70. The summed E-state index contributed by atoms with van der Waals surface area (Å²) in [7, 11) is 0. The van der Waals surface area contributed by atoms with Crippen molar-refractivity contribution in [1.82, 2.24) is 0 Å². The highest BCUT2D eigenvalue weighted by Gasteiger charge is 2.12. The molecule has 1 aromatic carbocycles. The number of benzene rings is 1.